The van der Waals surface area contributed by atoms with Gasteiger partial charge in [0, 0.05) is 29.8 Å². The lowest BCUT2D eigenvalue weighted by Crippen LogP contribution is -2.55. The van der Waals surface area contributed by atoms with Crippen molar-refractivity contribution in [1.29, 1.82) is 0 Å². The Morgan fingerprint density at radius 1 is 1.21 bits per heavy atom. The van der Waals surface area contributed by atoms with Crippen LogP contribution in [-0.4, -0.2) is 42.1 Å². The molecule has 2 bridgehead atoms. The largest absolute Gasteiger partial charge is 0.497 e. The van der Waals surface area contributed by atoms with Gasteiger partial charge in [-0.3, -0.25) is 9.88 Å². The van der Waals surface area contributed by atoms with E-state index in [-0.39, 0.29) is 12.0 Å². The summed E-state index contributed by atoms with van der Waals surface area (Å²) in [7, 11) is 1.66. The summed E-state index contributed by atoms with van der Waals surface area (Å²) in [6.45, 7) is 6.02. The molecule has 0 amide bonds. The van der Waals surface area contributed by atoms with Gasteiger partial charge in [0.2, 0.25) is 0 Å². The Bertz CT molecular complexity index is 1210. The molecule has 3 aliphatic rings. The molecule has 0 N–H and O–H groups in total. The summed E-state index contributed by atoms with van der Waals surface area (Å²) >= 11 is 0. The fourth-order valence-corrected chi connectivity index (χ4v) is 5.46. The van der Waals surface area contributed by atoms with E-state index in [1.165, 1.54) is 6.08 Å². The Morgan fingerprint density at radius 2 is 2.06 bits per heavy atom. The second kappa shape index (κ2) is 9.82. The highest BCUT2D eigenvalue weighted by atomic mass is 16.5. The molecule has 3 saturated heterocycles. The second-order valence-corrected chi connectivity index (χ2v) is 9.13. The summed E-state index contributed by atoms with van der Waals surface area (Å²) in [5.74, 6) is 1.47. The molecule has 4 heterocycles. The molecule has 3 fully saturated rings. The van der Waals surface area contributed by atoms with Gasteiger partial charge in [0.05, 0.1) is 18.7 Å². The van der Waals surface area contributed by atoms with Gasteiger partial charge < -0.3 is 9.47 Å². The van der Waals surface area contributed by atoms with Crippen LogP contribution >= 0.6 is 0 Å². The predicted octanol–water partition coefficient (Wildman–Crippen LogP) is 5.44. The number of aromatic nitrogens is 1. The third-order valence-corrected chi connectivity index (χ3v) is 7.25. The van der Waals surface area contributed by atoms with Gasteiger partial charge in [0.25, 0.3) is 0 Å². The third kappa shape index (κ3) is 4.48. The normalized spacial score (nSPS) is 24.7. The molecule has 5 atom stereocenters. The zero-order chi connectivity index (χ0) is 23.5. The van der Waals surface area contributed by atoms with Crippen molar-refractivity contribution in [1.82, 2.24) is 9.88 Å². The van der Waals surface area contributed by atoms with E-state index in [0.717, 1.165) is 53.7 Å². The van der Waals surface area contributed by atoms with E-state index in [0.29, 0.717) is 11.8 Å². The Kier molecular flexibility index (Phi) is 6.45. The summed E-state index contributed by atoms with van der Waals surface area (Å²) in [5, 5.41) is 0.953. The average Bonchev–Trinajstić information content (AvgIpc) is 2.90. The van der Waals surface area contributed by atoms with E-state index in [2.05, 4.69) is 22.5 Å². The minimum atomic E-state index is -0.404. The van der Waals surface area contributed by atoms with Gasteiger partial charge in [-0.25, -0.2) is 4.79 Å². The fourth-order valence-electron chi connectivity index (χ4n) is 5.46. The highest BCUT2D eigenvalue weighted by Gasteiger charge is 2.44. The van der Waals surface area contributed by atoms with Crippen molar-refractivity contribution in [2.24, 2.45) is 11.8 Å². The van der Waals surface area contributed by atoms with Crippen LogP contribution in [0.25, 0.3) is 17.0 Å². The van der Waals surface area contributed by atoms with E-state index >= 15 is 0 Å². The molecule has 5 heteroatoms. The van der Waals surface area contributed by atoms with Gasteiger partial charge in [-0.2, -0.15) is 0 Å². The maximum Gasteiger partial charge on any atom is 0.331 e. The Balaban J connectivity index is 1.50. The molecule has 6 rings (SSSR count). The number of pyridine rings is 1. The smallest absolute Gasteiger partial charge is 0.331 e. The third-order valence-electron chi connectivity index (χ3n) is 7.25. The zero-order valence-electron chi connectivity index (χ0n) is 19.5. The molecule has 0 radical (unpaired) electrons. The average molecular weight is 455 g/mol. The minimum absolute atomic E-state index is 0.112. The Labute approximate surface area is 200 Å². The van der Waals surface area contributed by atoms with Gasteiger partial charge in [0.1, 0.15) is 11.9 Å². The van der Waals surface area contributed by atoms with Crippen LogP contribution in [0.15, 0.2) is 79.5 Å². The first kappa shape index (κ1) is 22.4. The molecule has 3 aliphatic heterocycles. The Morgan fingerprint density at radius 3 is 2.79 bits per heavy atom. The summed E-state index contributed by atoms with van der Waals surface area (Å²) < 4.78 is 11.7. The standard InChI is InChI=1S/C29H30N2O3/c1-3-21-19-31-16-14-22(21)17-27(31)29(34-28(32)12-9-20-7-5-4-6-8-20)24-13-15-30-26-11-10-23(33-2)18-25(24)26/h3-13,15,18,21-22,27,29H,1,14,16-17,19H2,2H3/b12-9+/t21?,22?,27?,29-/m0/s1. The first-order valence-corrected chi connectivity index (χ1v) is 11.9. The van der Waals surface area contributed by atoms with E-state index in [4.69, 9.17) is 9.47 Å². The van der Waals surface area contributed by atoms with Crippen LogP contribution in [0.4, 0.5) is 0 Å². The molecule has 174 valence electrons. The molecule has 1 aromatic heterocycles. The van der Waals surface area contributed by atoms with Gasteiger partial charge in [-0.05, 0) is 67.1 Å². The topological polar surface area (TPSA) is 51.7 Å². The van der Waals surface area contributed by atoms with Crippen molar-refractivity contribution in [3.8, 4) is 5.75 Å². The van der Waals surface area contributed by atoms with Crippen molar-refractivity contribution >= 4 is 22.9 Å². The van der Waals surface area contributed by atoms with E-state index in [1.807, 2.05) is 54.6 Å². The van der Waals surface area contributed by atoms with Crippen LogP contribution < -0.4 is 4.74 Å². The number of rotatable bonds is 7. The maximum atomic E-state index is 13.0. The number of piperidine rings is 3. The lowest BCUT2D eigenvalue weighted by Gasteiger charge is -2.51. The number of carbonyl (C=O) groups excluding carboxylic acids is 1. The summed E-state index contributed by atoms with van der Waals surface area (Å²) in [6, 6.07) is 17.7. The first-order valence-electron chi connectivity index (χ1n) is 11.9. The lowest BCUT2D eigenvalue weighted by molar-refractivity contribution is -0.151. The van der Waals surface area contributed by atoms with Crippen molar-refractivity contribution in [2.45, 2.75) is 25.0 Å². The number of carbonyl (C=O) groups is 1. The van der Waals surface area contributed by atoms with Crippen molar-refractivity contribution in [2.75, 3.05) is 20.2 Å². The number of methoxy groups -OCH3 is 1. The molecule has 0 aliphatic carbocycles. The van der Waals surface area contributed by atoms with Crippen molar-refractivity contribution in [3.05, 3.63) is 90.7 Å². The summed E-state index contributed by atoms with van der Waals surface area (Å²) in [4.78, 5) is 20.1. The van der Waals surface area contributed by atoms with Crippen LogP contribution in [0, 0.1) is 11.8 Å². The molecule has 4 unspecified atom stereocenters. The van der Waals surface area contributed by atoms with Gasteiger partial charge in [0.15, 0.2) is 0 Å². The summed E-state index contributed by atoms with van der Waals surface area (Å²) in [5.41, 5.74) is 2.79. The number of hydrogen-bond acceptors (Lipinski definition) is 5. The van der Waals surface area contributed by atoms with Gasteiger partial charge in [-0.15, -0.1) is 6.58 Å². The van der Waals surface area contributed by atoms with Crippen LogP contribution in [-0.2, 0) is 9.53 Å². The highest BCUT2D eigenvalue weighted by molar-refractivity contribution is 5.88. The molecule has 2 aromatic carbocycles. The molecule has 34 heavy (non-hydrogen) atoms. The van der Waals surface area contributed by atoms with E-state index in [9.17, 15) is 4.79 Å². The van der Waals surface area contributed by atoms with Crippen LogP contribution in [0.1, 0.15) is 30.1 Å². The number of ether oxygens (including phenoxy) is 2. The lowest BCUT2D eigenvalue weighted by atomic mass is 9.73. The molecular formula is C29H30N2O3. The quantitative estimate of drug-likeness (QED) is 0.270. The maximum absolute atomic E-state index is 13.0. The molecule has 3 aromatic rings. The number of benzene rings is 2. The van der Waals surface area contributed by atoms with Crippen LogP contribution in [0.2, 0.25) is 0 Å². The summed E-state index contributed by atoms with van der Waals surface area (Å²) in [6.07, 6.45) is 8.94. The van der Waals surface area contributed by atoms with Gasteiger partial charge in [-0.1, -0.05) is 36.4 Å². The van der Waals surface area contributed by atoms with Crippen LogP contribution in [0.5, 0.6) is 5.75 Å². The molecule has 5 nitrogen and oxygen atoms in total. The second-order valence-electron chi connectivity index (χ2n) is 9.13. The van der Waals surface area contributed by atoms with E-state index < -0.39 is 6.10 Å². The monoisotopic (exact) mass is 454 g/mol. The minimum Gasteiger partial charge on any atom is -0.497 e. The fraction of sp³-hybridized carbons (Fsp3) is 0.310. The van der Waals surface area contributed by atoms with Crippen molar-refractivity contribution < 1.29 is 14.3 Å². The molecule has 0 saturated carbocycles. The Hall–Kier alpha value is -3.44. The number of nitrogens with zero attached hydrogens (tertiary/aromatic N) is 2. The number of esters is 1. The highest BCUT2D eigenvalue weighted by Crippen LogP contribution is 2.43. The first-order chi connectivity index (χ1) is 16.7. The van der Waals surface area contributed by atoms with Crippen molar-refractivity contribution in [3.63, 3.8) is 0 Å². The van der Waals surface area contributed by atoms with Gasteiger partial charge >= 0.3 is 5.97 Å². The number of fused-ring (bicyclic) bond motifs is 4. The molecular weight excluding hydrogens is 424 g/mol. The number of hydrogen-bond donors (Lipinski definition) is 0. The SMILES string of the molecule is C=CC1CN2CCC1CC2[C@@H](OC(=O)/C=C/c1ccccc1)c1ccnc2ccc(OC)cc12. The van der Waals surface area contributed by atoms with Crippen LogP contribution in [0.3, 0.4) is 0 Å². The molecule has 0 spiro atoms. The van der Waals surface area contributed by atoms with E-state index in [1.54, 1.807) is 19.4 Å². The predicted molar refractivity (Wildman–Crippen MR) is 134 cm³/mol. The zero-order valence-corrected chi connectivity index (χ0v) is 19.5.